The summed E-state index contributed by atoms with van der Waals surface area (Å²) in [6.45, 7) is 1.87. The number of methoxy groups -OCH3 is 2. The fraction of sp³-hybridized carbons (Fsp3) is 0.192. The molecule has 1 amide bonds. The molecule has 0 atom stereocenters. The molecule has 9 heteroatoms. The van der Waals surface area contributed by atoms with Gasteiger partial charge in [-0.1, -0.05) is 41.7 Å². The highest BCUT2D eigenvalue weighted by Crippen LogP contribution is 2.33. The van der Waals surface area contributed by atoms with Crippen LogP contribution in [0, 0.1) is 0 Å². The number of aromatic nitrogens is 1. The van der Waals surface area contributed by atoms with Gasteiger partial charge in [0.2, 0.25) is 0 Å². The molecule has 0 aliphatic rings. The maximum absolute atomic E-state index is 13.3. The molecule has 0 aliphatic carbocycles. The largest absolute Gasteiger partial charge is 0.493 e. The van der Waals surface area contributed by atoms with Gasteiger partial charge in [0.25, 0.3) is 5.91 Å². The lowest BCUT2D eigenvalue weighted by Crippen LogP contribution is -2.23. The average molecular weight is 493 g/mol. The van der Waals surface area contributed by atoms with Crippen LogP contribution >= 0.6 is 11.3 Å². The fourth-order valence-corrected chi connectivity index (χ4v) is 4.50. The number of esters is 1. The van der Waals surface area contributed by atoms with Crippen LogP contribution in [0.5, 0.6) is 23.0 Å². The molecule has 4 aromatic rings. The minimum Gasteiger partial charge on any atom is -0.493 e. The standard InChI is InChI=1S/C26H24N2O6S/c1-4-33-24(29)16-28-19-14-21(31-2)22(32-3)15-23(19)35-26(28)27-25(30)18-12-8-9-13-20(18)34-17-10-6-5-7-11-17/h5-15H,4,16H2,1-3H3. The van der Waals surface area contributed by atoms with Crippen molar-refractivity contribution in [2.24, 2.45) is 4.99 Å². The molecule has 0 radical (unpaired) electrons. The summed E-state index contributed by atoms with van der Waals surface area (Å²) in [6, 6.07) is 19.6. The molecule has 35 heavy (non-hydrogen) atoms. The quantitative estimate of drug-likeness (QED) is 0.328. The van der Waals surface area contributed by atoms with Gasteiger partial charge in [0.1, 0.15) is 18.0 Å². The second-order valence-electron chi connectivity index (χ2n) is 7.28. The summed E-state index contributed by atoms with van der Waals surface area (Å²) in [4.78, 5) is 30.4. The predicted molar refractivity (Wildman–Crippen MR) is 132 cm³/mol. The third kappa shape index (κ3) is 5.36. The van der Waals surface area contributed by atoms with Gasteiger partial charge in [0.05, 0.1) is 36.6 Å². The number of para-hydroxylation sites is 2. The Kier molecular flexibility index (Phi) is 7.47. The highest BCUT2D eigenvalue weighted by Gasteiger charge is 2.18. The number of benzene rings is 3. The molecule has 4 rings (SSSR count). The predicted octanol–water partition coefficient (Wildman–Crippen LogP) is 4.82. The molecule has 0 aliphatic heterocycles. The number of rotatable bonds is 8. The summed E-state index contributed by atoms with van der Waals surface area (Å²) in [5.74, 6) is 1.07. The number of hydrogen-bond acceptors (Lipinski definition) is 7. The molecule has 0 saturated carbocycles. The van der Waals surface area contributed by atoms with Crippen molar-refractivity contribution in [1.29, 1.82) is 0 Å². The smallest absolute Gasteiger partial charge is 0.326 e. The van der Waals surface area contributed by atoms with E-state index < -0.39 is 11.9 Å². The first-order valence-corrected chi connectivity index (χ1v) is 11.7. The Bertz CT molecular complexity index is 1430. The monoisotopic (exact) mass is 492 g/mol. The minimum absolute atomic E-state index is 0.113. The Morgan fingerprint density at radius 2 is 1.60 bits per heavy atom. The Balaban J connectivity index is 1.81. The van der Waals surface area contributed by atoms with E-state index in [1.165, 1.54) is 18.4 Å². The molecule has 0 spiro atoms. The number of carbonyl (C=O) groups is 2. The summed E-state index contributed by atoms with van der Waals surface area (Å²) in [5, 5.41) is 0. The molecule has 1 heterocycles. The van der Waals surface area contributed by atoms with Crippen molar-refractivity contribution < 1.29 is 28.5 Å². The summed E-state index contributed by atoms with van der Waals surface area (Å²) < 4.78 is 24.3. The Hall–Kier alpha value is -4.11. The normalized spacial score (nSPS) is 11.3. The zero-order valence-corrected chi connectivity index (χ0v) is 20.3. The number of fused-ring (bicyclic) bond motifs is 1. The highest BCUT2D eigenvalue weighted by molar-refractivity contribution is 7.16. The first kappa shape index (κ1) is 24.0. The molecule has 8 nitrogen and oxygen atoms in total. The first-order valence-electron chi connectivity index (χ1n) is 10.9. The first-order chi connectivity index (χ1) is 17.0. The molecule has 3 aromatic carbocycles. The second kappa shape index (κ2) is 10.9. The highest BCUT2D eigenvalue weighted by atomic mass is 32.1. The number of nitrogens with zero attached hydrogens (tertiary/aromatic N) is 2. The van der Waals surface area contributed by atoms with E-state index >= 15 is 0 Å². The minimum atomic E-state index is -0.500. The van der Waals surface area contributed by atoms with E-state index in [4.69, 9.17) is 18.9 Å². The molecule has 0 bridgehead atoms. The van der Waals surface area contributed by atoms with Gasteiger partial charge in [-0.05, 0) is 31.2 Å². The van der Waals surface area contributed by atoms with E-state index in [1.54, 1.807) is 67.1 Å². The number of amides is 1. The zero-order chi connectivity index (χ0) is 24.8. The summed E-state index contributed by atoms with van der Waals surface area (Å²) >= 11 is 1.26. The van der Waals surface area contributed by atoms with Crippen LogP contribution in [0.15, 0.2) is 71.7 Å². The number of carbonyl (C=O) groups excluding carboxylic acids is 2. The van der Waals surface area contributed by atoms with Crippen LogP contribution in [0.3, 0.4) is 0 Å². The van der Waals surface area contributed by atoms with Crippen LogP contribution in [0.1, 0.15) is 17.3 Å². The third-order valence-corrected chi connectivity index (χ3v) is 6.11. The molecule has 0 unspecified atom stereocenters. The van der Waals surface area contributed by atoms with Gasteiger partial charge < -0.3 is 23.5 Å². The summed E-state index contributed by atoms with van der Waals surface area (Å²) in [7, 11) is 3.08. The van der Waals surface area contributed by atoms with E-state index in [1.807, 2.05) is 18.2 Å². The van der Waals surface area contributed by atoms with Crippen molar-refractivity contribution >= 4 is 33.4 Å². The molecular formula is C26H24N2O6S. The number of ether oxygens (including phenoxy) is 4. The maximum atomic E-state index is 13.3. The van der Waals surface area contributed by atoms with Crippen LogP contribution < -0.4 is 19.0 Å². The molecule has 180 valence electrons. The van der Waals surface area contributed by atoms with Crippen molar-refractivity contribution in [3.05, 3.63) is 77.1 Å². The molecule has 1 aromatic heterocycles. The Morgan fingerprint density at radius 3 is 2.31 bits per heavy atom. The fourth-order valence-electron chi connectivity index (χ4n) is 3.47. The van der Waals surface area contributed by atoms with E-state index in [0.717, 1.165) is 4.70 Å². The van der Waals surface area contributed by atoms with Crippen molar-refractivity contribution in [2.75, 3.05) is 20.8 Å². The van der Waals surface area contributed by atoms with Crippen LogP contribution in [-0.4, -0.2) is 37.3 Å². The average Bonchev–Trinajstić information content (AvgIpc) is 3.19. The lowest BCUT2D eigenvalue weighted by atomic mass is 10.2. The SMILES string of the molecule is CCOC(=O)Cn1c(=NC(=O)c2ccccc2Oc2ccccc2)sc2cc(OC)c(OC)cc21. The van der Waals surface area contributed by atoms with Crippen LogP contribution in [0.25, 0.3) is 10.2 Å². The van der Waals surface area contributed by atoms with Gasteiger partial charge in [-0.2, -0.15) is 4.99 Å². The zero-order valence-electron chi connectivity index (χ0n) is 19.5. The van der Waals surface area contributed by atoms with Gasteiger partial charge in [-0.25, -0.2) is 0 Å². The summed E-state index contributed by atoms with van der Waals surface area (Å²) in [5.41, 5.74) is 0.965. The third-order valence-electron chi connectivity index (χ3n) is 5.07. The Labute approximate surface area is 206 Å². The Morgan fingerprint density at radius 1 is 0.914 bits per heavy atom. The van der Waals surface area contributed by atoms with E-state index in [0.29, 0.717) is 38.9 Å². The maximum Gasteiger partial charge on any atom is 0.326 e. The molecule has 0 N–H and O–H groups in total. The number of hydrogen-bond donors (Lipinski definition) is 0. The van der Waals surface area contributed by atoms with Crippen LogP contribution in [0.4, 0.5) is 0 Å². The van der Waals surface area contributed by atoms with Gasteiger partial charge in [0.15, 0.2) is 16.3 Å². The van der Waals surface area contributed by atoms with Crippen LogP contribution in [-0.2, 0) is 16.1 Å². The van der Waals surface area contributed by atoms with Crippen molar-refractivity contribution in [2.45, 2.75) is 13.5 Å². The lowest BCUT2D eigenvalue weighted by Gasteiger charge is -2.10. The molecule has 0 fully saturated rings. The van der Waals surface area contributed by atoms with E-state index in [2.05, 4.69) is 4.99 Å². The van der Waals surface area contributed by atoms with Crippen molar-refractivity contribution in [1.82, 2.24) is 4.57 Å². The molecule has 0 saturated heterocycles. The van der Waals surface area contributed by atoms with E-state index in [9.17, 15) is 9.59 Å². The van der Waals surface area contributed by atoms with Gasteiger partial charge in [-0.15, -0.1) is 0 Å². The molecular weight excluding hydrogens is 468 g/mol. The summed E-state index contributed by atoms with van der Waals surface area (Å²) in [6.07, 6.45) is 0. The van der Waals surface area contributed by atoms with E-state index in [-0.39, 0.29) is 13.2 Å². The van der Waals surface area contributed by atoms with Crippen LogP contribution in [0.2, 0.25) is 0 Å². The topological polar surface area (TPSA) is 88.4 Å². The van der Waals surface area contributed by atoms with Gasteiger partial charge >= 0.3 is 5.97 Å². The van der Waals surface area contributed by atoms with Gasteiger partial charge in [-0.3, -0.25) is 9.59 Å². The van der Waals surface area contributed by atoms with Crippen molar-refractivity contribution in [3.63, 3.8) is 0 Å². The second-order valence-corrected chi connectivity index (χ2v) is 8.29. The number of thiazole rings is 1. The van der Waals surface area contributed by atoms with Gasteiger partial charge in [0, 0.05) is 12.1 Å². The lowest BCUT2D eigenvalue weighted by molar-refractivity contribution is -0.143. The van der Waals surface area contributed by atoms with Crippen molar-refractivity contribution in [3.8, 4) is 23.0 Å².